The maximum Gasteiger partial charge on any atom is 0.303 e. The first-order valence-corrected chi connectivity index (χ1v) is 6.38. The number of likely N-dealkylation sites (tertiary alicyclic amines) is 1. The third-order valence-electron chi connectivity index (χ3n) is 3.70. The van der Waals surface area contributed by atoms with Crippen molar-refractivity contribution in [3.8, 4) is 0 Å². The molecular weight excluding hydrogens is 220 g/mol. The number of carboxylic acids is 1. The summed E-state index contributed by atoms with van der Waals surface area (Å²) >= 11 is 0. The van der Waals surface area contributed by atoms with E-state index in [1.807, 2.05) is 4.90 Å². The van der Waals surface area contributed by atoms with Gasteiger partial charge in [0.25, 0.3) is 0 Å². The van der Waals surface area contributed by atoms with Crippen LogP contribution in [0.15, 0.2) is 0 Å². The van der Waals surface area contributed by atoms with Gasteiger partial charge in [-0.05, 0) is 31.7 Å². The van der Waals surface area contributed by atoms with Gasteiger partial charge in [0.05, 0.1) is 5.92 Å². The lowest BCUT2D eigenvalue weighted by Crippen LogP contribution is -2.43. The highest BCUT2D eigenvalue weighted by Crippen LogP contribution is 2.22. The molecule has 0 radical (unpaired) electrons. The van der Waals surface area contributed by atoms with E-state index in [9.17, 15) is 9.59 Å². The van der Waals surface area contributed by atoms with Crippen molar-refractivity contribution in [2.24, 2.45) is 11.8 Å². The molecule has 0 aromatic carbocycles. The quantitative estimate of drug-likeness (QED) is 0.745. The molecule has 0 aromatic rings. The van der Waals surface area contributed by atoms with Gasteiger partial charge in [-0.3, -0.25) is 9.59 Å². The van der Waals surface area contributed by atoms with Gasteiger partial charge in [-0.15, -0.1) is 0 Å². The number of rotatable bonds is 3. The Bertz CT molecular complexity index is 300. The van der Waals surface area contributed by atoms with Gasteiger partial charge in [0, 0.05) is 26.1 Å². The van der Waals surface area contributed by atoms with Crippen LogP contribution < -0.4 is 5.32 Å². The molecule has 2 aliphatic rings. The van der Waals surface area contributed by atoms with Gasteiger partial charge in [-0.25, -0.2) is 0 Å². The molecule has 2 fully saturated rings. The lowest BCUT2D eigenvalue weighted by Gasteiger charge is -2.33. The molecule has 0 saturated carbocycles. The highest BCUT2D eigenvalue weighted by atomic mass is 16.4. The second-order valence-electron chi connectivity index (χ2n) is 5.08. The molecule has 2 unspecified atom stereocenters. The fraction of sp³-hybridized carbons (Fsp3) is 0.833. The summed E-state index contributed by atoms with van der Waals surface area (Å²) in [5.41, 5.74) is 0. The minimum Gasteiger partial charge on any atom is -0.481 e. The first-order chi connectivity index (χ1) is 8.16. The fourth-order valence-corrected chi connectivity index (χ4v) is 2.80. The van der Waals surface area contributed by atoms with Crippen LogP contribution >= 0.6 is 0 Å². The van der Waals surface area contributed by atoms with Crippen molar-refractivity contribution in [2.45, 2.75) is 25.7 Å². The summed E-state index contributed by atoms with van der Waals surface area (Å²) in [5.74, 6) is -0.296. The average Bonchev–Trinajstić information content (AvgIpc) is 2.81. The SMILES string of the molecule is O=C(O)CC1CCCN(C(=O)C2CCNC2)C1. The van der Waals surface area contributed by atoms with E-state index < -0.39 is 5.97 Å². The van der Waals surface area contributed by atoms with Crippen molar-refractivity contribution < 1.29 is 14.7 Å². The molecule has 0 spiro atoms. The van der Waals surface area contributed by atoms with Crippen LogP contribution in [-0.2, 0) is 9.59 Å². The number of piperidine rings is 1. The van der Waals surface area contributed by atoms with Gasteiger partial charge in [0.15, 0.2) is 0 Å². The predicted octanol–water partition coefficient (Wildman–Crippen LogP) is 0.309. The first-order valence-electron chi connectivity index (χ1n) is 6.38. The molecule has 2 aliphatic heterocycles. The fourth-order valence-electron chi connectivity index (χ4n) is 2.80. The van der Waals surface area contributed by atoms with Gasteiger partial charge < -0.3 is 15.3 Å². The van der Waals surface area contributed by atoms with Crippen LogP contribution in [0.3, 0.4) is 0 Å². The zero-order valence-electron chi connectivity index (χ0n) is 10.0. The summed E-state index contributed by atoms with van der Waals surface area (Å²) in [7, 11) is 0. The van der Waals surface area contributed by atoms with E-state index in [1.165, 1.54) is 0 Å². The van der Waals surface area contributed by atoms with Crippen LogP contribution in [0.5, 0.6) is 0 Å². The zero-order valence-corrected chi connectivity index (χ0v) is 10.0. The summed E-state index contributed by atoms with van der Waals surface area (Å²) in [4.78, 5) is 24.7. The van der Waals surface area contributed by atoms with Crippen LogP contribution in [0.25, 0.3) is 0 Å². The molecule has 17 heavy (non-hydrogen) atoms. The van der Waals surface area contributed by atoms with Gasteiger partial charge in [-0.2, -0.15) is 0 Å². The molecule has 0 aromatic heterocycles. The lowest BCUT2D eigenvalue weighted by molar-refractivity contribution is -0.141. The third kappa shape index (κ3) is 3.19. The minimum absolute atomic E-state index is 0.110. The Balaban J connectivity index is 1.87. The number of nitrogens with one attached hydrogen (secondary N) is 1. The summed E-state index contributed by atoms with van der Waals surface area (Å²) in [6.45, 7) is 3.12. The molecule has 0 bridgehead atoms. The van der Waals surface area contributed by atoms with E-state index in [-0.39, 0.29) is 24.2 Å². The van der Waals surface area contributed by atoms with Crippen molar-refractivity contribution in [3.63, 3.8) is 0 Å². The Kier molecular flexibility index (Phi) is 3.99. The molecule has 2 rings (SSSR count). The van der Waals surface area contributed by atoms with Crippen molar-refractivity contribution in [3.05, 3.63) is 0 Å². The summed E-state index contributed by atoms with van der Waals surface area (Å²) < 4.78 is 0. The Hall–Kier alpha value is -1.10. The molecule has 96 valence electrons. The number of aliphatic carboxylic acids is 1. The number of hydrogen-bond donors (Lipinski definition) is 2. The third-order valence-corrected chi connectivity index (χ3v) is 3.70. The van der Waals surface area contributed by atoms with Gasteiger partial charge in [-0.1, -0.05) is 0 Å². The molecule has 2 N–H and O–H groups in total. The van der Waals surface area contributed by atoms with Crippen molar-refractivity contribution in [1.82, 2.24) is 10.2 Å². The van der Waals surface area contributed by atoms with Crippen LogP contribution in [0.2, 0.25) is 0 Å². The average molecular weight is 240 g/mol. The van der Waals surface area contributed by atoms with E-state index in [0.717, 1.165) is 38.9 Å². The predicted molar refractivity (Wildman–Crippen MR) is 62.5 cm³/mol. The van der Waals surface area contributed by atoms with Gasteiger partial charge in [0.1, 0.15) is 0 Å². The van der Waals surface area contributed by atoms with Crippen LogP contribution in [0.1, 0.15) is 25.7 Å². The van der Waals surface area contributed by atoms with E-state index in [1.54, 1.807) is 0 Å². The smallest absolute Gasteiger partial charge is 0.303 e. The number of carbonyl (C=O) groups excluding carboxylic acids is 1. The lowest BCUT2D eigenvalue weighted by atomic mass is 9.93. The normalized spacial score (nSPS) is 29.3. The van der Waals surface area contributed by atoms with Crippen molar-refractivity contribution >= 4 is 11.9 Å². The maximum absolute atomic E-state index is 12.2. The van der Waals surface area contributed by atoms with E-state index in [2.05, 4.69) is 5.32 Å². The van der Waals surface area contributed by atoms with Crippen molar-refractivity contribution in [1.29, 1.82) is 0 Å². The van der Waals surface area contributed by atoms with Crippen LogP contribution in [-0.4, -0.2) is 48.1 Å². The van der Waals surface area contributed by atoms with Gasteiger partial charge in [0.2, 0.25) is 5.91 Å². The van der Waals surface area contributed by atoms with Gasteiger partial charge >= 0.3 is 5.97 Å². The largest absolute Gasteiger partial charge is 0.481 e. The second-order valence-corrected chi connectivity index (χ2v) is 5.08. The molecule has 2 atom stereocenters. The summed E-state index contributed by atoms with van der Waals surface area (Å²) in [5, 5.41) is 12.0. The maximum atomic E-state index is 12.2. The molecular formula is C12H20N2O3. The number of hydrogen-bond acceptors (Lipinski definition) is 3. The Morgan fingerprint density at radius 3 is 2.82 bits per heavy atom. The molecule has 2 heterocycles. The molecule has 1 amide bonds. The minimum atomic E-state index is -0.758. The molecule has 0 aliphatic carbocycles. The number of carboxylic acid groups (broad SMARTS) is 1. The van der Waals surface area contributed by atoms with E-state index in [4.69, 9.17) is 5.11 Å². The second kappa shape index (κ2) is 5.49. The standard InChI is InChI=1S/C12H20N2O3/c15-11(16)6-9-2-1-5-14(8-9)12(17)10-3-4-13-7-10/h9-10,13H,1-8H2,(H,15,16). The molecule has 2 saturated heterocycles. The molecule has 5 nitrogen and oxygen atoms in total. The zero-order chi connectivity index (χ0) is 12.3. The summed E-state index contributed by atoms with van der Waals surface area (Å²) in [6, 6.07) is 0. The Morgan fingerprint density at radius 1 is 1.35 bits per heavy atom. The Labute approximate surface area is 101 Å². The van der Waals surface area contributed by atoms with Crippen LogP contribution in [0, 0.1) is 11.8 Å². The summed E-state index contributed by atoms with van der Waals surface area (Å²) in [6.07, 6.45) is 2.97. The Morgan fingerprint density at radius 2 is 2.18 bits per heavy atom. The number of nitrogens with zero attached hydrogens (tertiary/aromatic N) is 1. The highest BCUT2D eigenvalue weighted by molar-refractivity contribution is 5.79. The number of amides is 1. The number of carbonyl (C=O) groups is 2. The highest BCUT2D eigenvalue weighted by Gasteiger charge is 2.31. The van der Waals surface area contributed by atoms with E-state index in [0.29, 0.717) is 6.54 Å². The van der Waals surface area contributed by atoms with Crippen molar-refractivity contribution in [2.75, 3.05) is 26.2 Å². The monoisotopic (exact) mass is 240 g/mol. The first kappa shape index (κ1) is 12.4. The molecule has 5 heteroatoms. The van der Waals surface area contributed by atoms with E-state index >= 15 is 0 Å². The van der Waals surface area contributed by atoms with Crippen LogP contribution in [0.4, 0.5) is 0 Å². The topological polar surface area (TPSA) is 69.6 Å².